The third kappa shape index (κ3) is 2.55. The average Bonchev–Trinajstić information content (AvgIpc) is 2.64. The number of methoxy groups -OCH3 is 1. The Morgan fingerprint density at radius 1 is 1.56 bits per heavy atom. The highest BCUT2D eigenvalue weighted by Crippen LogP contribution is 2.32. The fraction of sp³-hybridized carbons (Fsp3) is 0.917. The van der Waals surface area contributed by atoms with Crippen LogP contribution in [0.3, 0.4) is 0 Å². The molecule has 0 amide bonds. The zero-order valence-electron chi connectivity index (χ0n) is 11.0. The lowest BCUT2D eigenvalue weighted by molar-refractivity contribution is -0.153. The van der Waals surface area contributed by atoms with Crippen molar-refractivity contribution < 1.29 is 9.53 Å². The Bertz CT molecular complexity index is 253. The normalized spacial score (nSPS) is 24.4. The van der Waals surface area contributed by atoms with Crippen LogP contribution in [0.25, 0.3) is 0 Å². The second kappa shape index (κ2) is 5.15. The molecule has 1 aliphatic heterocycles. The Hall–Kier alpha value is -0.610. The Kier molecular flexibility index (Phi) is 4.33. The molecule has 2 unspecified atom stereocenters. The molecule has 0 saturated carbocycles. The van der Waals surface area contributed by atoms with Gasteiger partial charge in [-0.15, -0.1) is 0 Å². The SMILES string of the molecule is CNC(C1CCN(C)C1)C(C)(C)C(=O)OC. The van der Waals surface area contributed by atoms with Crippen LogP contribution in [0.2, 0.25) is 0 Å². The molecule has 0 aromatic heterocycles. The monoisotopic (exact) mass is 228 g/mol. The summed E-state index contributed by atoms with van der Waals surface area (Å²) in [6.07, 6.45) is 1.14. The first-order valence-corrected chi connectivity index (χ1v) is 5.87. The van der Waals surface area contributed by atoms with E-state index >= 15 is 0 Å². The maximum absolute atomic E-state index is 11.8. The molecule has 0 aliphatic carbocycles. The van der Waals surface area contributed by atoms with E-state index in [2.05, 4.69) is 17.3 Å². The summed E-state index contributed by atoms with van der Waals surface area (Å²) in [6, 6.07) is 0.171. The molecule has 1 saturated heterocycles. The molecule has 0 aromatic rings. The third-order valence-corrected chi connectivity index (χ3v) is 3.70. The van der Waals surface area contributed by atoms with E-state index in [1.54, 1.807) is 0 Å². The van der Waals surface area contributed by atoms with Crippen LogP contribution in [0.5, 0.6) is 0 Å². The maximum atomic E-state index is 11.8. The Morgan fingerprint density at radius 3 is 2.56 bits per heavy atom. The van der Waals surface area contributed by atoms with Gasteiger partial charge in [0.05, 0.1) is 12.5 Å². The number of hydrogen-bond acceptors (Lipinski definition) is 4. The third-order valence-electron chi connectivity index (χ3n) is 3.70. The van der Waals surface area contributed by atoms with Gasteiger partial charge in [0.2, 0.25) is 0 Å². The van der Waals surface area contributed by atoms with Gasteiger partial charge in [-0.1, -0.05) is 0 Å². The molecule has 1 fully saturated rings. The fourth-order valence-corrected chi connectivity index (χ4v) is 2.82. The predicted molar refractivity (Wildman–Crippen MR) is 64.2 cm³/mol. The number of likely N-dealkylation sites (tertiary alicyclic amines) is 1. The average molecular weight is 228 g/mol. The van der Waals surface area contributed by atoms with Crippen molar-refractivity contribution in [3.63, 3.8) is 0 Å². The molecule has 1 N–H and O–H groups in total. The van der Waals surface area contributed by atoms with E-state index in [1.807, 2.05) is 20.9 Å². The summed E-state index contributed by atoms with van der Waals surface area (Å²) in [5.41, 5.74) is -0.473. The van der Waals surface area contributed by atoms with Gasteiger partial charge < -0.3 is 15.0 Å². The number of esters is 1. The minimum atomic E-state index is -0.473. The van der Waals surface area contributed by atoms with Crippen LogP contribution in [0.15, 0.2) is 0 Å². The van der Waals surface area contributed by atoms with Crippen LogP contribution >= 0.6 is 0 Å². The molecule has 0 spiro atoms. The van der Waals surface area contributed by atoms with Crippen LogP contribution in [-0.2, 0) is 9.53 Å². The van der Waals surface area contributed by atoms with Crippen molar-refractivity contribution in [2.75, 3.05) is 34.3 Å². The van der Waals surface area contributed by atoms with Crippen molar-refractivity contribution in [2.24, 2.45) is 11.3 Å². The standard InChI is InChI=1S/C12H24N2O2/c1-12(2,11(15)16-5)10(13-3)9-6-7-14(4)8-9/h9-10,13H,6-8H2,1-5H3. The van der Waals surface area contributed by atoms with Crippen LogP contribution in [0.4, 0.5) is 0 Å². The van der Waals surface area contributed by atoms with E-state index in [1.165, 1.54) is 7.11 Å². The maximum Gasteiger partial charge on any atom is 0.312 e. The van der Waals surface area contributed by atoms with Crippen molar-refractivity contribution in [2.45, 2.75) is 26.3 Å². The van der Waals surface area contributed by atoms with Crippen molar-refractivity contribution in [3.8, 4) is 0 Å². The van der Waals surface area contributed by atoms with E-state index in [0.29, 0.717) is 5.92 Å². The predicted octanol–water partition coefficient (Wildman–Crippen LogP) is 0.725. The summed E-state index contributed by atoms with van der Waals surface area (Å²) in [5.74, 6) is 0.380. The van der Waals surface area contributed by atoms with Gasteiger partial charge in [-0.3, -0.25) is 4.79 Å². The van der Waals surface area contributed by atoms with Crippen LogP contribution < -0.4 is 5.32 Å². The molecule has 2 atom stereocenters. The summed E-state index contributed by atoms with van der Waals surface area (Å²) < 4.78 is 4.89. The highest BCUT2D eigenvalue weighted by molar-refractivity contribution is 5.76. The van der Waals surface area contributed by atoms with Gasteiger partial charge in [-0.25, -0.2) is 0 Å². The second-order valence-corrected chi connectivity index (χ2v) is 5.29. The quantitative estimate of drug-likeness (QED) is 0.720. The number of carbonyl (C=O) groups is 1. The van der Waals surface area contributed by atoms with Gasteiger partial charge >= 0.3 is 5.97 Å². The molecule has 94 valence electrons. The molecule has 0 bridgehead atoms. The van der Waals surface area contributed by atoms with Crippen molar-refractivity contribution in [1.82, 2.24) is 10.2 Å². The van der Waals surface area contributed by atoms with Gasteiger partial charge in [-0.2, -0.15) is 0 Å². The lowest BCUT2D eigenvalue weighted by Gasteiger charge is -2.35. The fourth-order valence-electron chi connectivity index (χ4n) is 2.82. The second-order valence-electron chi connectivity index (χ2n) is 5.29. The zero-order chi connectivity index (χ0) is 12.3. The minimum absolute atomic E-state index is 0.138. The summed E-state index contributed by atoms with van der Waals surface area (Å²) in [5, 5.41) is 3.29. The zero-order valence-corrected chi connectivity index (χ0v) is 11.0. The molecule has 0 radical (unpaired) electrons. The molecule has 4 heteroatoms. The Balaban J connectivity index is 2.77. The summed E-state index contributed by atoms with van der Waals surface area (Å²) >= 11 is 0. The number of nitrogens with one attached hydrogen (secondary N) is 1. The van der Waals surface area contributed by atoms with Crippen LogP contribution in [-0.4, -0.2) is 51.2 Å². The Morgan fingerprint density at radius 2 is 2.19 bits per heavy atom. The van der Waals surface area contributed by atoms with Gasteiger partial charge in [0.15, 0.2) is 0 Å². The number of nitrogens with zero attached hydrogens (tertiary/aromatic N) is 1. The van der Waals surface area contributed by atoms with E-state index in [9.17, 15) is 4.79 Å². The van der Waals surface area contributed by atoms with E-state index in [-0.39, 0.29) is 12.0 Å². The van der Waals surface area contributed by atoms with Crippen molar-refractivity contribution in [3.05, 3.63) is 0 Å². The first kappa shape index (κ1) is 13.5. The topological polar surface area (TPSA) is 41.6 Å². The van der Waals surface area contributed by atoms with Gasteiger partial charge in [0, 0.05) is 12.6 Å². The van der Waals surface area contributed by atoms with Crippen LogP contribution in [0, 0.1) is 11.3 Å². The molecule has 1 rings (SSSR count). The summed E-state index contributed by atoms with van der Waals surface area (Å²) in [4.78, 5) is 14.1. The molecule has 4 nitrogen and oxygen atoms in total. The number of carbonyl (C=O) groups excluding carboxylic acids is 1. The van der Waals surface area contributed by atoms with Crippen molar-refractivity contribution >= 4 is 5.97 Å². The highest BCUT2D eigenvalue weighted by atomic mass is 16.5. The number of hydrogen-bond donors (Lipinski definition) is 1. The highest BCUT2D eigenvalue weighted by Gasteiger charge is 2.42. The first-order valence-electron chi connectivity index (χ1n) is 5.87. The largest absolute Gasteiger partial charge is 0.469 e. The molecule has 0 aromatic carbocycles. The van der Waals surface area contributed by atoms with Gasteiger partial charge in [-0.05, 0) is 46.8 Å². The summed E-state index contributed by atoms with van der Waals surface area (Å²) in [7, 11) is 5.50. The van der Waals surface area contributed by atoms with Crippen molar-refractivity contribution in [1.29, 1.82) is 0 Å². The number of rotatable bonds is 4. The molecule has 16 heavy (non-hydrogen) atoms. The molecule has 1 aliphatic rings. The van der Waals surface area contributed by atoms with E-state index in [0.717, 1.165) is 19.5 Å². The van der Waals surface area contributed by atoms with E-state index < -0.39 is 5.41 Å². The number of ether oxygens (including phenoxy) is 1. The Labute approximate surface area is 98.3 Å². The molecular weight excluding hydrogens is 204 g/mol. The van der Waals surface area contributed by atoms with Gasteiger partial charge in [0.25, 0.3) is 0 Å². The smallest absolute Gasteiger partial charge is 0.312 e. The van der Waals surface area contributed by atoms with Crippen LogP contribution in [0.1, 0.15) is 20.3 Å². The first-order chi connectivity index (χ1) is 7.43. The summed E-state index contributed by atoms with van der Waals surface area (Å²) in [6.45, 7) is 6.07. The lowest BCUT2D eigenvalue weighted by atomic mass is 9.77. The molecule has 1 heterocycles. The molecular formula is C12H24N2O2. The van der Waals surface area contributed by atoms with E-state index in [4.69, 9.17) is 4.74 Å². The minimum Gasteiger partial charge on any atom is -0.469 e. The van der Waals surface area contributed by atoms with Gasteiger partial charge in [0.1, 0.15) is 0 Å². The lowest BCUT2D eigenvalue weighted by Crippen LogP contribution is -2.50.